The van der Waals surface area contributed by atoms with Gasteiger partial charge < -0.3 is 11.1 Å². The second kappa shape index (κ2) is 7.17. The molecule has 0 aliphatic rings. The van der Waals surface area contributed by atoms with Crippen molar-refractivity contribution in [2.75, 3.05) is 6.54 Å². The zero-order valence-corrected chi connectivity index (χ0v) is 11.6. The van der Waals surface area contributed by atoms with E-state index in [1.54, 1.807) is 0 Å². The second-order valence-corrected chi connectivity index (χ2v) is 5.11. The summed E-state index contributed by atoms with van der Waals surface area (Å²) in [6.07, 6.45) is 0.900. The van der Waals surface area contributed by atoms with Crippen LogP contribution in [-0.2, 0) is 17.8 Å². The fraction of sp³-hybridized carbons (Fsp3) is 0.533. The van der Waals surface area contributed by atoms with Crippen LogP contribution in [0.4, 0.5) is 0 Å². The first-order valence-corrected chi connectivity index (χ1v) is 6.60. The third kappa shape index (κ3) is 4.49. The van der Waals surface area contributed by atoms with Gasteiger partial charge in [0.05, 0.1) is 0 Å². The molecule has 0 spiro atoms. The van der Waals surface area contributed by atoms with Crippen molar-refractivity contribution < 1.29 is 4.79 Å². The number of nitrogens with two attached hydrogens (primary N) is 1. The standard InChI is InChI=1S/C15H24N2O/c1-11(2)12(3)15(18)17-10-14-6-4-13(5-7-14)8-9-16/h4-7,11-12H,8-10,16H2,1-3H3,(H,17,18). The molecule has 3 N–H and O–H groups in total. The van der Waals surface area contributed by atoms with E-state index in [0.717, 1.165) is 12.0 Å². The predicted molar refractivity (Wildman–Crippen MR) is 75.0 cm³/mol. The van der Waals surface area contributed by atoms with Crippen molar-refractivity contribution in [1.29, 1.82) is 0 Å². The van der Waals surface area contributed by atoms with Crippen molar-refractivity contribution >= 4 is 5.91 Å². The summed E-state index contributed by atoms with van der Waals surface area (Å²) >= 11 is 0. The molecule has 1 amide bonds. The lowest BCUT2D eigenvalue weighted by Gasteiger charge is -2.15. The molecule has 0 saturated carbocycles. The van der Waals surface area contributed by atoms with E-state index >= 15 is 0 Å². The Morgan fingerprint density at radius 3 is 2.22 bits per heavy atom. The van der Waals surface area contributed by atoms with Crippen LogP contribution < -0.4 is 11.1 Å². The van der Waals surface area contributed by atoms with Crippen LogP contribution in [0.2, 0.25) is 0 Å². The molecule has 1 aromatic rings. The van der Waals surface area contributed by atoms with Crippen molar-refractivity contribution in [3.05, 3.63) is 35.4 Å². The monoisotopic (exact) mass is 248 g/mol. The minimum atomic E-state index is 0.0570. The van der Waals surface area contributed by atoms with Gasteiger partial charge in [0.25, 0.3) is 0 Å². The summed E-state index contributed by atoms with van der Waals surface area (Å²) in [7, 11) is 0. The number of carbonyl (C=O) groups excluding carboxylic acids is 1. The smallest absolute Gasteiger partial charge is 0.223 e. The Morgan fingerprint density at radius 2 is 1.72 bits per heavy atom. The lowest BCUT2D eigenvalue weighted by Crippen LogP contribution is -2.31. The maximum absolute atomic E-state index is 11.8. The third-order valence-corrected chi connectivity index (χ3v) is 3.34. The highest BCUT2D eigenvalue weighted by Gasteiger charge is 2.15. The molecule has 0 saturated heterocycles. The number of nitrogens with one attached hydrogen (secondary N) is 1. The van der Waals surface area contributed by atoms with Gasteiger partial charge in [-0.25, -0.2) is 0 Å². The summed E-state index contributed by atoms with van der Waals surface area (Å²) in [5.41, 5.74) is 7.87. The van der Waals surface area contributed by atoms with Gasteiger partial charge in [-0.3, -0.25) is 4.79 Å². The van der Waals surface area contributed by atoms with Crippen LogP contribution in [0.25, 0.3) is 0 Å². The van der Waals surface area contributed by atoms with Gasteiger partial charge in [0.15, 0.2) is 0 Å². The number of carbonyl (C=O) groups is 1. The van der Waals surface area contributed by atoms with Gasteiger partial charge in [-0.15, -0.1) is 0 Å². The molecule has 1 atom stereocenters. The Hall–Kier alpha value is -1.35. The first-order chi connectivity index (χ1) is 8.54. The molecule has 0 aliphatic heterocycles. The molecule has 0 aromatic heterocycles. The fourth-order valence-electron chi connectivity index (χ4n) is 1.64. The Bertz CT molecular complexity index is 371. The Labute approximate surface area is 110 Å². The molecule has 18 heavy (non-hydrogen) atoms. The number of benzene rings is 1. The molecular weight excluding hydrogens is 224 g/mol. The van der Waals surface area contributed by atoms with E-state index < -0.39 is 0 Å². The molecular formula is C15H24N2O. The molecule has 3 heteroatoms. The van der Waals surface area contributed by atoms with Crippen molar-refractivity contribution in [3.8, 4) is 0 Å². The number of amides is 1. The highest BCUT2D eigenvalue weighted by Crippen LogP contribution is 2.10. The van der Waals surface area contributed by atoms with Crippen LogP contribution in [-0.4, -0.2) is 12.5 Å². The minimum Gasteiger partial charge on any atom is -0.352 e. The molecule has 1 unspecified atom stereocenters. The molecule has 3 nitrogen and oxygen atoms in total. The summed E-state index contributed by atoms with van der Waals surface area (Å²) in [4.78, 5) is 11.8. The van der Waals surface area contributed by atoms with Crippen LogP contribution in [0, 0.1) is 11.8 Å². The van der Waals surface area contributed by atoms with Crippen molar-refractivity contribution in [1.82, 2.24) is 5.32 Å². The van der Waals surface area contributed by atoms with Crippen LogP contribution in [0.5, 0.6) is 0 Å². The lowest BCUT2D eigenvalue weighted by atomic mass is 9.97. The number of hydrogen-bond acceptors (Lipinski definition) is 2. The number of hydrogen-bond donors (Lipinski definition) is 2. The molecule has 100 valence electrons. The lowest BCUT2D eigenvalue weighted by molar-refractivity contribution is -0.125. The van der Waals surface area contributed by atoms with E-state index in [1.807, 2.05) is 19.1 Å². The summed E-state index contributed by atoms with van der Waals surface area (Å²) in [5, 5.41) is 2.97. The fourth-order valence-corrected chi connectivity index (χ4v) is 1.64. The van der Waals surface area contributed by atoms with Gasteiger partial charge in [0.1, 0.15) is 0 Å². The van der Waals surface area contributed by atoms with E-state index in [0.29, 0.717) is 19.0 Å². The summed E-state index contributed by atoms with van der Waals surface area (Å²) in [6, 6.07) is 8.23. The molecule has 0 radical (unpaired) electrons. The van der Waals surface area contributed by atoms with Crippen LogP contribution in [0.1, 0.15) is 31.9 Å². The summed E-state index contributed by atoms with van der Waals surface area (Å²) in [6.45, 7) is 7.35. The van der Waals surface area contributed by atoms with Gasteiger partial charge in [-0.1, -0.05) is 45.0 Å². The van der Waals surface area contributed by atoms with E-state index in [1.165, 1.54) is 5.56 Å². The average Bonchev–Trinajstić information content (AvgIpc) is 2.37. The molecule has 0 aliphatic carbocycles. The van der Waals surface area contributed by atoms with Crippen LogP contribution in [0.15, 0.2) is 24.3 Å². The zero-order chi connectivity index (χ0) is 13.5. The molecule has 0 bridgehead atoms. The maximum atomic E-state index is 11.8. The largest absolute Gasteiger partial charge is 0.352 e. The van der Waals surface area contributed by atoms with Gasteiger partial charge >= 0.3 is 0 Å². The van der Waals surface area contributed by atoms with E-state index in [4.69, 9.17) is 5.73 Å². The normalized spacial score (nSPS) is 12.5. The van der Waals surface area contributed by atoms with E-state index in [2.05, 4.69) is 31.3 Å². The highest BCUT2D eigenvalue weighted by atomic mass is 16.1. The topological polar surface area (TPSA) is 55.1 Å². The second-order valence-electron chi connectivity index (χ2n) is 5.11. The van der Waals surface area contributed by atoms with Crippen molar-refractivity contribution in [3.63, 3.8) is 0 Å². The summed E-state index contributed by atoms with van der Waals surface area (Å²) < 4.78 is 0. The first kappa shape index (κ1) is 14.7. The van der Waals surface area contributed by atoms with Gasteiger partial charge in [-0.05, 0) is 30.0 Å². The average molecular weight is 248 g/mol. The SMILES string of the molecule is CC(C)C(C)C(=O)NCc1ccc(CCN)cc1. The highest BCUT2D eigenvalue weighted by molar-refractivity contribution is 5.78. The quantitative estimate of drug-likeness (QED) is 0.810. The van der Waals surface area contributed by atoms with Gasteiger partial charge in [-0.2, -0.15) is 0 Å². The van der Waals surface area contributed by atoms with Crippen LogP contribution >= 0.6 is 0 Å². The van der Waals surface area contributed by atoms with Crippen LogP contribution in [0.3, 0.4) is 0 Å². The molecule has 1 aromatic carbocycles. The first-order valence-electron chi connectivity index (χ1n) is 6.60. The molecule has 1 rings (SSSR count). The molecule has 0 heterocycles. The Morgan fingerprint density at radius 1 is 1.17 bits per heavy atom. The Balaban J connectivity index is 2.46. The molecule has 0 fully saturated rings. The zero-order valence-electron chi connectivity index (χ0n) is 11.6. The van der Waals surface area contributed by atoms with Gasteiger partial charge in [0.2, 0.25) is 5.91 Å². The van der Waals surface area contributed by atoms with Crippen molar-refractivity contribution in [2.24, 2.45) is 17.6 Å². The summed E-state index contributed by atoms with van der Waals surface area (Å²) in [5.74, 6) is 0.550. The van der Waals surface area contributed by atoms with E-state index in [9.17, 15) is 4.79 Å². The minimum absolute atomic E-state index is 0.0570. The van der Waals surface area contributed by atoms with E-state index in [-0.39, 0.29) is 11.8 Å². The Kier molecular flexibility index (Phi) is 5.86. The number of rotatable bonds is 6. The van der Waals surface area contributed by atoms with Gasteiger partial charge in [0, 0.05) is 12.5 Å². The maximum Gasteiger partial charge on any atom is 0.223 e. The van der Waals surface area contributed by atoms with Crippen molar-refractivity contribution in [2.45, 2.75) is 33.7 Å². The third-order valence-electron chi connectivity index (χ3n) is 3.34. The predicted octanol–water partition coefficient (Wildman–Crippen LogP) is 2.10.